The highest BCUT2D eigenvalue weighted by Gasteiger charge is 2.10. The van der Waals surface area contributed by atoms with E-state index in [0.717, 1.165) is 22.4 Å². The molecule has 6 heteroatoms. The second kappa shape index (κ2) is 7.40. The summed E-state index contributed by atoms with van der Waals surface area (Å²) in [6, 6.07) is 5.90. The minimum Gasteiger partial charge on any atom is -0.385 e. The molecule has 0 spiro atoms. The molecule has 0 saturated carbocycles. The minimum atomic E-state index is -0.0929. The van der Waals surface area contributed by atoms with Crippen molar-refractivity contribution in [1.29, 1.82) is 0 Å². The van der Waals surface area contributed by atoms with E-state index in [1.54, 1.807) is 23.7 Å². The molecule has 0 aliphatic carbocycles. The molecule has 106 valence electrons. The standard InChI is InChI=1S/C14H16BrN3OS/c1-2-17-12-6-7-16-9-11(12)14(19)18-8-5-10-3-4-13(15)20-10/h3-4,6-7,9H,2,5,8H2,1H3,(H,16,17)(H,18,19). The van der Waals surface area contributed by atoms with Crippen molar-refractivity contribution in [3.8, 4) is 0 Å². The number of nitrogens with zero attached hydrogens (tertiary/aromatic N) is 1. The van der Waals surface area contributed by atoms with Crippen molar-refractivity contribution < 1.29 is 4.79 Å². The number of amides is 1. The highest BCUT2D eigenvalue weighted by molar-refractivity contribution is 9.11. The van der Waals surface area contributed by atoms with Gasteiger partial charge in [-0.1, -0.05) is 0 Å². The summed E-state index contributed by atoms with van der Waals surface area (Å²) in [5, 5.41) is 6.09. The predicted octanol–water partition coefficient (Wildman–Crippen LogP) is 3.31. The summed E-state index contributed by atoms with van der Waals surface area (Å²) in [4.78, 5) is 17.4. The summed E-state index contributed by atoms with van der Waals surface area (Å²) in [7, 11) is 0. The van der Waals surface area contributed by atoms with Gasteiger partial charge >= 0.3 is 0 Å². The van der Waals surface area contributed by atoms with Gasteiger partial charge in [0.2, 0.25) is 0 Å². The van der Waals surface area contributed by atoms with Crippen LogP contribution >= 0.6 is 27.3 Å². The molecule has 2 heterocycles. The number of nitrogens with one attached hydrogen (secondary N) is 2. The Morgan fingerprint density at radius 1 is 1.40 bits per heavy atom. The van der Waals surface area contributed by atoms with E-state index in [1.807, 2.05) is 19.1 Å². The molecule has 0 bridgehead atoms. The topological polar surface area (TPSA) is 54.0 Å². The highest BCUT2D eigenvalue weighted by atomic mass is 79.9. The number of aromatic nitrogens is 1. The van der Waals surface area contributed by atoms with Crippen LogP contribution in [0, 0.1) is 0 Å². The monoisotopic (exact) mass is 353 g/mol. The van der Waals surface area contributed by atoms with Crippen molar-refractivity contribution >= 4 is 38.9 Å². The van der Waals surface area contributed by atoms with Gasteiger partial charge in [0.1, 0.15) is 0 Å². The zero-order chi connectivity index (χ0) is 14.4. The molecule has 0 saturated heterocycles. The molecule has 0 unspecified atom stereocenters. The van der Waals surface area contributed by atoms with Crippen LogP contribution in [0.5, 0.6) is 0 Å². The molecule has 0 aromatic carbocycles. The van der Waals surface area contributed by atoms with Crippen LogP contribution in [-0.2, 0) is 6.42 Å². The van der Waals surface area contributed by atoms with Crippen molar-refractivity contribution in [3.63, 3.8) is 0 Å². The van der Waals surface area contributed by atoms with Gasteiger partial charge in [0.25, 0.3) is 5.91 Å². The molecule has 20 heavy (non-hydrogen) atoms. The fourth-order valence-electron chi connectivity index (χ4n) is 1.80. The summed E-state index contributed by atoms with van der Waals surface area (Å²) >= 11 is 5.12. The maximum Gasteiger partial charge on any atom is 0.254 e. The summed E-state index contributed by atoms with van der Waals surface area (Å²) in [5.41, 5.74) is 1.40. The Labute approximate surface area is 130 Å². The molecule has 2 aromatic heterocycles. The fraction of sp³-hybridized carbons (Fsp3) is 0.286. The Balaban J connectivity index is 1.91. The van der Waals surface area contributed by atoms with E-state index in [9.17, 15) is 4.79 Å². The normalized spacial score (nSPS) is 10.3. The quantitative estimate of drug-likeness (QED) is 0.837. The number of anilines is 1. The molecule has 1 amide bonds. The van der Waals surface area contributed by atoms with Crippen molar-refractivity contribution in [2.75, 3.05) is 18.4 Å². The average Bonchev–Trinajstić information content (AvgIpc) is 2.85. The number of thiophene rings is 1. The number of hydrogen-bond donors (Lipinski definition) is 2. The van der Waals surface area contributed by atoms with Gasteiger partial charge in [0.05, 0.1) is 15.0 Å². The van der Waals surface area contributed by atoms with Gasteiger partial charge < -0.3 is 10.6 Å². The Bertz CT molecular complexity index is 585. The van der Waals surface area contributed by atoms with E-state index in [4.69, 9.17) is 0 Å². The zero-order valence-corrected chi connectivity index (χ0v) is 13.6. The molecular formula is C14H16BrN3OS. The lowest BCUT2D eigenvalue weighted by molar-refractivity contribution is 0.0954. The van der Waals surface area contributed by atoms with Crippen molar-refractivity contribution in [3.05, 3.63) is 44.8 Å². The van der Waals surface area contributed by atoms with Gasteiger partial charge in [-0.05, 0) is 47.5 Å². The van der Waals surface area contributed by atoms with Gasteiger partial charge in [-0.3, -0.25) is 9.78 Å². The van der Waals surface area contributed by atoms with Crippen LogP contribution in [0.1, 0.15) is 22.2 Å². The first kappa shape index (κ1) is 15.0. The maximum absolute atomic E-state index is 12.1. The number of carbonyl (C=O) groups is 1. The van der Waals surface area contributed by atoms with Crippen LogP contribution in [0.15, 0.2) is 34.4 Å². The van der Waals surface area contributed by atoms with Crippen LogP contribution < -0.4 is 10.6 Å². The third kappa shape index (κ3) is 4.05. The van der Waals surface area contributed by atoms with E-state index in [2.05, 4.69) is 37.6 Å². The van der Waals surface area contributed by atoms with Gasteiger partial charge in [-0.15, -0.1) is 11.3 Å². The molecule has 0 aliphatic heterocycles. The van der Waals surface area contributed by atoms with Gasteiger partial charge in [0.15, 0.2) is 0 Å². The summed E-state index contributed by atoms with van der Waals surface area (Å²) in [6.07, 6.45) is 4.10. The van der Waals surface area contributed by atoms with Gasteiger partial charge in [0, 0.05) is 30.4 Å². The van der Waals surface area contributed by atoms with E-state index < -0.39 is 0 Å². The van der Waals surface area contributed by atoms with Crippen LogP contribution in [0.4, 0.5) is 5.69 Å². The summed E-state index contributed by atoms with van der Waals surface area (Å²) in [5.74, 6) is -0.0929. The first-order valence-electron chi connectivity index (χ1n) is 6.41. The second-order valence-electron chi connectivity index (χ2n) is 4.16. The third-order valence-electron chi connectivity index (χ3n) is 2.72. The lowest BCUT2D eigenvalue weighted by Gasteiger charge is -2.10. The Kier molecular flexibility index (Phi) is 5.55. The van der Waals surface area contributed by atoms with Crippen LogP contribution in [0.3, 0.4) is 0 Å². The molecule has 0 fully saturated rings. The Morgan fingerprint density at radius 3 is 2.95 bits per heavy atom. The average molecular weight is 354 g/mol. The van der Waals surface area contributed by atoms with Gasteiger partial charge in [-0.2, -0.15) is 0 Å². The van der Waals surface area contributed by atoms with E-state index in [-0.39, 0.29) is 5.91 Å². The van der Waals surface area contributed by atoms with Crippen molar-refractivity contribution in [2.24, 2.45) is 0 Å². The first-order valence-corrected chi connectivity index (χ1v) is 8.02. The maximum atomic E-state index is 12.1. The number of rotatable bonds is 6. The molecule has 2 N–H and O–H groups in total. The van der Waals surface area contributed by atoms with Gasteiger partial charge in [-0.25, -0.2) is 0 Å². The minimum absolute atomic E-state index is 0.0929. The Hall–Kier alpha value is -1.40. The molecule has 2 aromatic rings. The number of pyridine rings is 1. The molecule has 0 atom stereocenters. The lowest BCUT2D eigenvalue weighted by atomic mass is 10.2. The summed E-state index contributed by atoms with van der Waals surface area (Å²) < 4.78 is 1.11. The van der Waals surface area contributed by atoms with Crippen molar-refractivity contribution in [1.82, 2.24) is 10.3 Å². The fourth-order valence-corrected chi connectivity index (χ4v) is 3.28. The molecule has 2 rings (SSSR count). The molecule has 0 aliphatic rings. The van der Waals surface area contributed by atoms with E-state index >= 15 is 0 Å². The van der Waals surface area contributed by atoms with E-state index in [1.165, 1.54) is 4.88 Å². The van der Waals surface area contributed by atoms with Crippen LogP contribution in [0.25, 0.3) is 0 Å². The van der Waals surface area contributed by atoms with Crippen molar-refractivity contribution in [2.45, 2.75) is 13.3 Å². The lowest BCUT2D eigenvalue weighted by Crippen LogP contribution is -2.26. The summed E-state index contributed by atoms with van der Waals surface area (Å²) in [6.45, 7) is 3.39. The highest BCUT2D eigenvalue weighted by Crippen LogP contribution is 2.22. The second-order valence-corrected chi connectivity index (χ2v) is 6.71. The van der Waals surface area contributed by atoms with Crippen LogP contribution in [-0.4, -0.2) is 24.0 Å². The number of halogens is 1. The van der Waals surface area contributed by atoms with Crippen LogP contribution in [0.2, 0.25) is 0 Å². The molecular weight excluding hydrogens is 338 g/mol. The number of hydrogen-bond acceptors (Lipinski definition) is 4. The zero-order valence-electron chi connectivity index (χ0n) is 11.1. The predicted molar refractivity (Wildman–Crippen MR) is 86.5 cm³/mol. The Morgan fingerprint density at radius 2 is 2.25 bits per heavy atom. The molecule has 4 nitrogen and oxygen atoms in total. The smallest absolute Gasteiger partial charge is 0.254 e. The number of carbonyl (C=O) groups excluding carboxylic acids is 1. The SMILES string of the molecule is CCNc1ccncc1C(=O)NCCc1ccc(Br)s1. The first-order chi connectivity index (χ1) is 9.70. The molecule has 0 radical (unpaired) electrons. The van der Waals surface area contributed by atoms with E-state index in [0.29, 0.717) is 12.1 Å². The largest absolute Gasteiger partial charge is 0.385 e. The third-order valence-corrected chi connectivity index (χ3v) is 4.40.